The largest absolute Gasteiger partial charge is 0.494 e. The maximum absolute atomic E-state index is 13.0. The van der Waals surface area contributed by atoms with Crippen molar-refractivity contribution in [3.63, 3.8) is 0 Å². The Morgan fingerprint density at radius 1 is 1.37 bits per heavy atom. The quantitative estimate of drug-likeness (QED) is 0.422. The first-order valence-corrected chi connectivity index (χ1v) is 11.8. The third-order valence-corrected chi connectivity index (χ3v) is 6.49. The monoisotopic (exact) mass is 472 g/mol. The first-order valence-electron chi connectivity index (χ1n) is 11.8. The van der Waals surface area contributed by atoms with Gasteiger partial charge in [0.05, 0.1) is 25.0 Å². The summed E-state index contributed by atoms with van der Waals surface area (Å²) >= 11 is 0. The highest BCUT2D eigenvalue weighted by molar-refractivity contribution is 5.95. The van der Waals surface area contributed by atoms with Gasteiger partial charge in [-0.3, -0.25) is 14.8 Å². The highest BCUT2D eigenvalue weighted by Gasteiger charge is 2.54. The Hall–Kier alpha value is -3.76. The number of likely N-dealkylation sites (tertiary alicyclic amines) is 1. The number of hydrogen-bond acceptors (Lipinski definition) is 6. The van der Waals surface area contributed by atoms with E-state index in [0.29, 0.717) is 29.4 Å². The van der Waals surface area contributed by atoms with Crippen LogP contribution in [0.15, 0.2) is 41.9 Å². The molecule has 182 valence electrons. The molecule has 0 saturated carbocycles. The molecule has 0 aromatic heterocycles. The zero-order valence-electron chi connectivity index (χ0n) is 20.9. The minimum Gasteiger partial charge on any atom is -0.494 e. The number of carbonyl (C=O) groups is 1. The Morgan fingerprint density at radius 3 is 2.80 bits per heavy atom. The van der Waals surface area contributed by atoms with Crippen LogP contribution < -0.4 is 15.0 Å². The van der Waals surface area contributed by atoms with Crippen molar-refractivity contribution in [3.8, 4) is 18.1 Å². The highest BCUT2D eigenvalue weighted by atomic mass is 16.6. The van der Waals surface area contributed by atoms with E-state index >= 15 is 0 Å². The molecule has 7 nitrogen and oxygen atoms in total. The lowest BCUT2D eigenvalue weighted by Gasteiger charge is -2.45. The van der Waals surface area contributed by atoms with Gasteiger partial charge in [0.1, 0.15) is 5.75 Å². The number of amides is 1. The lowest BCUT2D eigenvalue weighted by atomic mass is 9.93. The maximum atomic E-state index is 13.0. The molecule has 1 amide bonds. The minimum atomic E-state index is -0.473. The van der Waals surface area contributed by atoms with E-state index in [0.717, 1.165) is 48.4 Å². The van der Waals surface area contributed by atoms with Crippen LogP contribution in [0.3, 0.4) is 0 Å². The molecule has 2 saturated heterocycles. The lowest BCUT2D eigenvalue weighted by molar-refractivity contribution is -0.0720. The van der Waals surface area contributed by atoms with Gasteiger partial charge < -0.3 is 14.8 Å². The fraction of sp³-hybridized carbons (Fsp3) is 0.357. The van der Waals surface area contributed by atoms with E-state index in [1.165, 1.54) is 0 Å². The molecule has 2 aliphatic rings. The lowest BCUT2D eigenvalue weighted by Crippen LogP contribution is -2.63. The number of carbonyl (C=O) groups excluding carboxylic acids is 1. The van der Waals surface area contributed by atoms with Gasteiger partial charge in [-0.15, -0.1) is 6.42 Å². The molecule has 7 heteroatoms. The Balaban J connectivity index is 1.68. The van der Waals surface area contributed by atoms with E-state index in [2.05, 4.69) is 34.6 Å². The van der Waals surface area contributed by atoms with Crippen LogP contribution in [0.2, 0.25) is 0 Å². The molecule has 0 unspecified atom stereocenters. The van der Waals surface area contributed by atoms with E-state index in [9.17, 15) is 4.79 Å². The molecule has 1 N–H and O–H groups in total. The summed E-state index contributed by atoms with van der Waals surface area (Å²) in [6.45, 7) is 13.2. The summed E-state index contributed by atoms with van der Waals surface area (Å²) in [7, 11) is 1.59. The van der Waals surface area contributed by atoms with Gasteiger partial charge >= 0.3 is 6.09 Å². The van der Waals surface area contributed by atoms with Crippen molar-refractivity contribution >= 4 is 35.1 Å². The van der Waals surface area contributed by atoms with Crippen LogP contribution in [-0.2, 0) is 4.74 Å². The number of ether oxygens (including phenoxy) is 2. The Kier molecular flexibility index (Phi) is 6.86. The normalized spacial score (nSPS) is 16.8. The second-order valence-corrected chi connectivity index (χ2v) is 9.00. The van der Waals surface area contributed by atoms with Gasteiger partial charge in [0.25, 0.3) is 0 Å². The van der Waals surface area contributed by atoms with Crippen LogP contribution >= 0.6 is 0 Å². The predicted octanol–water partition coefficient (Wildman–Crippen LogP) is 5.21. The van der Waals surface area contributed by atoms with Crippen LogP contribution in [0.25, 0.3) is 5.70 Å². The van der Waals surface area contributed by atoms with Crippen molar-refractivity contribution in [2.75, 3.05) is 43.5 Å². The molecular weight excluding hydrogens is 440 g/mol. The van der Waals surface area contributed by atoms with Gasteiger partial charge in [0, 0.05) is 47.9 Å². The fourth-order valence-corrected chi connectivity index (χ4v) is 4.79. The predicted molar refractivity (Wildman–Crippen MR) is 142 cm³/mol. The second-order valence-electron chi connectivity index (χ2n) is 9.00. The SMILES string of the molecule is C#Cc1cccc(NC(=C)c2cc(N3CC4(CN(CCC)C4)OC3=O)c(OC)cc2/N=C\C)c1C. The van der Waals surface area contributed by atoms with Crippen LogP contribution in [0.1, 0.15) is 37.0 Å². The first kappa shape index (κ1) is 24.4. The van der Waals surface area contributed by atoms with Gasteiger partial charge in [0.15, 0.2) is 5.60 Å². The van der Waals surface area contributed by atoms with E-state index in [1.807, 2.05) is 44.2 Å². The molecule has 0 aliphatic carbocycles. The van der Waals surface area contributed by atoms with Gasteiger partial charge in [-0.05, 0) is 50.6 Å². The Labute approximate surface area is 207 Å². The number of methoxy groups -OCH3 is 1. The number of nitrogens with one attached hydrogen (secondary N) is 1. The molecule has 0 radical (unpaired) electrons. The molecule has 2 aromatic rings. The Bertz CT molecular complexity index is 1220. The second kappa shape index (κ2) is 9.85. The topological polar surface area (TPSA) is 66.4 Å². The van der Waals surface area contributed by atoms with Gasteiger partial charge in [-0.25, -0.2) is 4.79 Å². The molecule has 0 atom stereocenters. The fourth-order valence-electron chi connectivity index (χ4n) is 4.79. The molecule has 2 aliphatic heterocycles. The van der Waals surface area contributed by atoms with Crippen LogP contribution in [0, 0.1) is 19.3 Å². The molecule has 2 fully saturated rings. The summed E-state index contributed by atoms with van der Waals surface area (Å²) < 4.78 is 11.5. The third kappa shape index (κ3) is 4.62. The summed E-state index contributed by atoms with van der Waals surface area (Å²) in [5, 5.41) is 3.38. The van der Waals surface area contributed by atoms with Crippen molar-refractivity contribution in [3.05, 3.63) is 53.6 Å². The average Bonchev–Trinajstić information content (AvgIpc) is 3.17. The highest BCUT2D eigenvalue weighted by Crippen LogP contribution is 2.43. The summed E-state index contributed by atoms with van der Waals surface area (Å²) in [5.74, 6) is 3.25. The molecule has 35 heavy (non-hydrogen) atoms. The van der Waals surface area contributed by atoms with Crippen molar-refractivity contribution < 1.29 is 14.3 Å². The van der Waals surface area contributed by atoms with Crippen molar-refractivity contribution in [1.82, 2.24) is 4.90 Å². The first-order chi connectivity index (χ1) is 16.8. The number of benzene rings is 2. The number of rotatable bonds is 8. The number of anilines is 2. The zero-order valence-corrected chi connectivity index (χ0v) is 20.9. The average molecular weight is 473 g/mol. The van der Waals surface area contributed by atoms with E-state index in [4.69, 9.17) is 15.9 Å². The van der Waals surface area contributed by atoms with Crippen molar-refractivity contribution in [1.29, 1.82) is 0 Å². The molecule has 2 aromatic carbocycles. The maximum Gasteiger partial charge on any atom is 0.415 e. The van der Waals surface area contributed by atoms with Crippen LogP contribution in [0.4, 0.5) is 21.9 Å². The zero-order chi connectivity index (χ0) is 25.2. The Morgan fingerprint density at radius 2 is 2.14 bits per heavy atom. The van der Waals surface area contributed by atoms with Crippen LogP contribution in [-0.4, -0.2) is 56.1 Å². The number of aliphatic imine (C=N–C) groups is 1. The molecule has 2 heterocycles. The molecule has 4 rings (SSSR count). The van der Waals surface area contributed by atoms with E-state index in [1.54, 1.807) is 18.2 Å². The smallest absolute Gasteiger partial charge is 0.415 e. The standard InChI is InChI=1S/C28H32N4O3/c1-7-13-31-16-28(17-31)18-32(27(33)35-28)25-14-22(24(29-9-3)15-26(25)34-6)20(5)30-23-12-10-11-21(8-2)19(23)4/h2,9-12,14-15,30H,5,7,13,16-18H2,1,3-4,6H3/b29-9-. The number of nitrogens with zero attached hydrogens (tertiary/aromatic N) is 3. The van der Waals surface area contributed by atoms with Crippen LogP contribution in [0.5, 0.6) is 5.75 Å². The van der Waals surface area contributed by atoms with Crippen molar-refractivity contribution in [2.45, 2.75) is 32.8 Å². The summed E-state index contributed by atoms with van der Waals surface area (Å²) in [5.41, 5.74) is 4.84. The van der Waals surface area contributed by atoms with E-state index in [-0.39, 0.29) is 6.09 Å². The van der Waals surface area contributed by atoms with Gasteiger partial charge in [0.2, 0.25) is 0 Å². The third-order valence-electron chi connectivity index (χ3n) is 6.49. The van der Waals surface area contributed by atoms with E-state index < -0.39 is 5.60 Å². The minimum absolute atomic E-state index is 0.367. The molecule has 0 bridgehead atoms. The van der Waals surface area contributed by atoms with Gasteiger partial charge in [-0.2, -0.15) is 0 Å². The number of hydrogen-bond donors (Lipinski definition) is 1. The van der Waals surface area contributed by atoms with Crippen molar-refractivity contribution in [2.24, 2.45) is 4.99 Å². The summed E-state index contributed by atoms with van der Waals surface area (Å²) in [6.07, 6.45) is 8.06. The van der Waals surface area contributed by atoms with Gasteiger partial charge in [-0.1, -0.05) is 25.5 Å². The number of terminal acetylenes is 1. The molecular formula is C28H32N4O3. The summed E-state index contributed by atoms with van der Waals surface area (Å²) in [4.78, 5) is 21.4. The summed E-state index contributed by atoms with van der Waals surface area (Å²) in [6, 6.07) is 9.47. The molecule has 1 spiro atoms.